The summed E-state index contributed by atoms with van der Waals surface area (Å²) in [5, 5.41) is 0. The van der Waals surface area contributed by atoms with Gasteiger partial charge in [0.1, 0.15) is 18.1 Å². The molecule has 0 aliphatic rings. The van der Waals surface area contributed by atoms with Crippen LogP contribution < -0.4 is 9.47 Å². The number of furan rings is 1. The van der Waals surface area contributed by atoms with Gasteiger partial charge in [0, 0.05) is 22.1 Å². The zero-order valence-corrected chi connectivity index (χ0v) is 12.8. The molecule has 0 saturated carbocycles. The molecular formula is C14H13IO4. The fourth-order valence-electron chi connectivity index (χ4n) is 1.52. The highest BCUT2D eigenvalue weighted by molar-refractivity contribution is 14.1. The topological polar surface area (TPSA) is 48.7 Å². The van der Waals surface area contributed by atoms with Crippen LogP contribution in [0.5, 0.6) is 11.7 Å². The highest BCUT2D eigenvalue weighted by Gasteiger charge is 2.10. The van der Waals surface area contributed by atoms with Crippen molar-refractivity contribution in [1.82, 2.24) is 0 Å². The Morgan fingerprint density at radius 3 is 2.63 bits per heavy atom. The van der Waals surface area contributed by atoms with Crippen molar-refractivity contribution < 1.29 is 18.7 Å². The molecule has 0 saturated heterocycles. The van der Waals surface area contributed by atoms with Crippen LogP contribution in [0, 0.1) is 10.5 Å². The molecule has 1 aromatic heterocycles. The van der Waals surface area contributed by atoms with Crippen LogP contribution in [0.1, 0.15) is 18.2 Å². The summed E-state index contributed by atoms with van der Waals surface area (Å²) in [4.78, 5) is 10.8. The number of halogens is 1. The maximum Gasteiger partial charge on any atom is 0.310 e. The van der Waals surface area contributed by atoms with Gasteiger partial charge in [-0.15, -0.1) is 0 Å². The molecule has 2 rings (SSSR count). The average Bonchev–Trinajstić information content (AvgIpc) is 2.68. The Balaban J connectivity index is 2.01. The van der Waals surface area contributed by atoms with Gasteiger partial charge in [-0.2, -0.15) is 0 Å². The van der Waals surface area contributed by atoms with E-state index < -0.39 is 5.97 Å². The first-order chi connectivity index (χ1) is 9.04. The predicted molar refractivity (Wildman–Crippen MR) is 78.2 cm³/mol. The molecule has 0 fully saturated rings. The number of carbonyl (C=O) groups excluding carboxylic acids is 1. The molecule has 100 valence electrons. The van der Waals surface area contributed by atoms with E-state index in [-0.39, 0.29) is 5.95 Å². The maximum absolute atomic E-state index is 10.8. The van der Waals surface area contributed by atoms with Gasteiger partial charge in [-0.1, -0.05) is 0 Å². The van der Waals surface area contributed by atoms with Crippen LogP contribution in [0.2, 0.25) is 0 Å². The van der Waals surface area contributed by atoms with Crippen molar-refractivity contribution in [3.05, 3.63) is 45.2 Å². The third-order valence-electron chi connectivity index (χ3n) is 2.45. The van der Waals surface area contributed by atoms with Crippen molar-refractivity contribution >= 4 is 28.6 Å². The van der Waals surface area contributed by atoms with Gasteiger partial charge < -0.3 is 13.9 Å². The Kier molecular flexibility index (Phi) is 4.47. The summed E-state index contributed by atoms with van der Waals surface area (Å²) in [6, 6.07) is 9.43. The average molecular weight is 372 g/mol. The van der Waals surface area contributed by atoms with Crippen LogP contribution in [0.25, 0.3) is 0 Å². The Bertz CT molecular complexity index is 572. The molecule has 0 spiro atoms. The Morgan fingerprint density at radius 1 is 1.32 bits per heavy atom. The van der Waals surface area contributed by atoms with Gasteiger partial charge in [0.05, 0.1) is 0 Å². The van der Waals surface area contributed by atoms with E-state index in [0.717, 1.165) is 14.9 Å². The molecule has 1 aromatic carbocycles. The molecule has 4 nitrogen and oxygen atoms in total. The number of ether oxygens (including phenoxy) is 2. The number of hydrogen-bond donors (Lipinski definition) is 0. The van der Waals surface area contributed by atoms with Crippen molar-refractivity contribution in [3.63, 3.8) is 0 Å². The van der Waals surface area contributed by atoms with Gasteiger partial charge in [0.25, 0.3) is 5.95 Å². The summed E-state index contributed by atoms with van der Waals surface area (Å²) in [6.45, 7) is 3.51. The number of hydrogen-bond acceptors (Lipinski definition) is 4. The van der Waals surface area contributed by atoms with Gasteiger partial charge in [-0.3, -0.25) is 4.79 Å². The van der Waals surface area contributed by atoms with Crippen LogP contribution in [0.15, 0.2) is 34.7 Å². The number of rotatable bonds is 4. The summed E-state index contributed by atoms with van der Waals surface area (Å²) in [5.74, 6) is 1.27. The van der Waals surface area contributed by atoms with Crippen molar-refractivity contribution in [1.29, 1.82) is 0 Å². The van der Waals surface area contributed by atoms with E-state index in [1.807, 2.05) is 24.3 Å². The molecule has 0 aliphatic carbocycles. The molecular weight excluding hydrogens is 359 g/mol. The van der Waals surface area contributed by atoms with Gasteiger partial charge >= 0.3 is 5.97 Å². The van der Waals surface area contributed by atoms with Crippen LogP contribution in [-0.4, -0.2) is 5.97 Å². The molecule has 5 heteroatoms. The Labute approximate surface area is 124 Å². The summed E-state index contributed by atoms with van der Waals surface area (Å²) >= 11 is 2.24. The van der Waals surface area contributed by atoms with Crippen LogP contribution >= 0.6 is 22.6 Å². The first-order valence-electron chi connectivity index (χ1n) is 5.70. The van der Waals surface area contributed by atoms with Crippen molar-refractivity contribution in [2.75, 3.05) is 0 Å². The maximum atomic E-state index is 10.8. The molecule has 2 aromatic rings. The summed E-state index contributed by atoms with van der Waals surface area (Å²) < 4.78 is 17.0. The fraction of sp³-hybridized carbons (Fsp3) is 0.214. The first-order valence-corrected chi connectivity index (χ1v) is 6.78. The minimum absolute atomic E-state index is 0.200. The Morgan fingerprint density at radius 2 is 2.00 bits per heavy atom. The standard InChI is InChI=1S/C14H13IO4/c1-9-11(7-14(18-9)19-10(2)16)8-17-13-5-3-12(15)4-6-13/h3-7H,8H2,1-2H3. The lowest BCUT2D eigenvalue weighted by Gasteiger charge is -2.04. The van der Waals surface area contributed by atoms with Crippen molar-refractivity contribution in [3.8, 4) is 11.7 Å². The summed E-state index contributed by atoms with van der Waals surface area (Å²) in [6.07, 6.45) is 0. The number of carbonyl (C=O) groups is 1. The predicted octanol–water partition coefficient (Wildman–Crippen LogP) is 3.70. The van der Waals surface area contributed by atoms with Gasteiger partial charge in [0.15, 0.2) is 0 Å². The minimum Gasteiger partial charge on any atom is -0.489 e. The van der Waals surface area contributed by atoms with Gasteiger partial charge in [0.2, 0.25) is 0 Å². The van der Waals surface area contributed by atoms with Crippen LogP contribution in [0.4, 0.5) is 0 Å². The lowest BCUT2D eigenvalue weighted by Crippen LogP contribution is -2.00. The number of aryl methyl sites for hydroxylation is 1. The third kappa shape index (κ3) is 3.99. The highest BCUT2D eigenvalue weighted by Crippen LogP contribution is 2.23. The molecule has 0 atom stereocenters. The molecule has 0 N–H and O–H groups in total. The number of benzene rings is 1. The lowest BCUT2D eigenvalue weighted by molar-refractivity contribution is -0.133. The SMILES string of the molecule is CC(=O)Oc1cc(COc2ccc(I)cc2)c(C)o1. The first kappa shape index (κ1) is 13.9. The second kappa shape index (κ2) is 6.10. The molecule has 0 aliphatic heterocycles. The van der Waals surface area contributed by atoms with Crippen molar-refractivity contribution in [2.45, 2.75) is 20.5 Å². The third-order valence-corrected chi connectivity index (χ3v) is 3.17. The second-order valence-corrected chi connectivity index (χ2v) is 5.23. The normalized spacial score (nSPS) is 10.3. The lowest BCUT2D eigenvalue weighted by atomic mass is 10.3. The minimum atomic E-state index is -0.404. The smallest absolute Gasteiger partial charge is 0.310 e. The van der Waals surface area contributed by atoms with E-state index in [0.29, 0.717) is 12.4 Å². The number of esters is 1. The highest BCUT2D eigenvalue weighted by atomic mass is 127. The summed E-state index contributed by atoms with van der Waals surface area (Å²) in [5.41, 5.74) is 0.856. The molecule has 0 bridgehead atoms. The zero-order chi connectivity index (χ0) is 13.8. The molecule has 19 heavy (non-hydrogen) atoms. The monoisotopic (exact) mass is 372 g/mol. The van der Waals surface area contributed by atoms with E-state index in [4.69, 9.17) is 13.9 Å². The molecule has 0 amide bonds. The summed E-state index contributed by atoms with van der Waals surface area (Å²) in [7, 11) is 0. The van der Waals surface area contributed by atoms with Gasteiger partial charge in [-0.05, 0) is 53.8 Å². The van der Waals surface area contributed by atoms with E-state index in [2.05, 4.69) is 22.6 Å². The second-order valence-electron chi connectivity index (χ2n) is 3.98. The largest absolute Gasteiger partial charge is 0.489 e. The van der Waals surface area contributed by atoms with Crippen LogP contribution in [-0.2, 0) is 11.4 Å². The van der Waals surface area contributed by atoms with E-state index in [1.54, 1.807) is 13.0 Å². The molecule has 0 unspecified atom stereocenters. The van der Waals surface area contributed by atoms with Gasteiger partial charge in [-0.25, -0.2) is 0 Å². The van der Waals surface area contributed by atoms with E-state index >= 15 is 0 Å². The molecule has 1 heterocycles. The Hall–Kier alpha value is -1.50. The van der Waals surface area contributed by atoms with E-state index in [9.17, 15) is 4.79 Å². The zero-order valence-electron chi connectivity index (χ0n) is 10.6. The quantitative estimate of drug-likeness (QED) is 0.607. The van der Waals surface area contributed by atoms with E-state index in [1.165, 1.54) is 6.92 Å². The van der Waals surface area contributed by atoms with Crippen LogP contribution in [0.3, 0.4) is 0 Å². The van der Waals surface area contributed by atoms with Crippen molar-refractivity contribution in [2.24, 2.45) is 0 Å². The molecule has 0 radical (unpaired) electrons. The fourth-order valence-corrected chi connectivity index (χ4v) is 1.88.